The zero-order valence-electron chi connectivity index (χ0n) is 9.33. The highest BCUT2D eigenvalue weighted by Crippen LogP contribution is 2.21. The highest BCUT2D eigenvalue weighted by molar-refractivity contribution is 9.10. The quantitative estimate of drug-likeness (QED) is 0.934. The van der Waals surface area contributed by atoms with Crippen molar-refractivity contribution in [2.75, 3.05) is 5.32 Å². The maximum absolute atomic E-state index is 9.02. The summed E-state index contributed by atoms with van der Waals surface area (Å²) in [4.78, 5) is 0. The number of furan rings is 1. The summed E-state index contributed by atoms with van der Waals surface area (Å²) >= 11 is 3.34. The van der Waals surface area contributed by atoms with E-state index in [1.54, 1.807) is 12.3 Å². The smallest absolute Gasteiger partial charge is 0.125 e. The molecule has 0 amide bonds. The predicted molar refractivity (Wildman–Crippen MR) is 69.6 cm³/mol. The molecule has 4 heteroatoms. The van der Waals surface area contributed by atoms with Crippen LogP contribution in [0.3, 0.4) is 0 Å². The summed E-state index contributed by atoms with van der Waals surface area (Å²) < 4.78 is 6.23. The van der Waals surface area contributed by atoms with Crippen LogP contribution < -0.4 is 5.32 Å². The summed E-state index contributed by atoms with van der Waals surface area (Å²) in [7, 11) is 0. The summed E-state index contributed by atoms with van der Waals surface area (Å²) in [5.41, 5.74) is 2.53. The van der Waals surface area contributed by atoms with E-state index in [1.807, 2.05) is 25.1 Å². The third-order valence-corrected chi connectivity index (χ3v) is 3.00. The molecule has 0 saturated heterocycles. The summed E-state index contributed by atoms with van der Waals surface area (Å²) in [5.74, 6) is 0.886. The van der Waals surface area contributed by atoms with Gasteiger partial charge in [0.15, 0.2) is 0 Å². The Bertz CT molecular complexity index is 569. The van der Waals surface area contributed by atoms with Crippen LogP contribution in [0.1, 0.15) is 16.9 Å². The zero-order chi connectivity index (χ0) is 12.3. The van der Waals surface area contributed by atoms with Crippen molar-refractivity contribution >= 4 is 21.6 Å². The van der Waals surface area contributed by atoms with Crippen molar-refractivity contribution in [3.8, 4) is 6.07 Å². The fourth-order valence-corrected chi connectivity index (χ4v) is 1.88. The molecule has 0 atom stereocenters. The molecule has 17 heavy (non-hydrogen) atoms. The van der Waals surface area contributed by atoms with Crippen LogP contribution in [0.4, 0.5) is 5.69 Å². The van der Waals surface area contributed by atoms with E-state index < -0.39 is 0 Å². The number of nitrogens with zero attached hydrogens (tertiary/aromatic N) is 1. The molecular formula is C13H11BrN2O. The molecule has 0 radical (unpaired) electrons. The Kier molecular flexibility index (Phi) is 3.50. The first kappa shape index (κ1) is 11.7. The van der Waals surface area contributed by atoms with Crippen LogP contribution in [-0.4, -0.2) is 0 Å². The second kappa shape index (κ2) is 5.07. The number of nitriles is 1. The Balaban J connectivity index is 2.15. The lowest BCUT2D eigenvalue weighted by molar-refractivity contribution is 0.515. The van der Waals surface area contributed by atoms with Gasteiger partial charge in [0.2, 0.25) is 0 Å². The van der Waals surface area contributed by atoms with Crippen molar-refractivity contribution in [1.29, 1.82) is 5.26 Å². The molecule has 0 saturated carbocycles. The average molecular weight is 291 g/mol. The number of aryl methyl sites for hydroxylation is 1. The van der Waals surface area contributed by atoms with Crippen LogP contribution in [0.5, 0.6) is 0 Å². The summed E-state index contributed by atoms with van der Waals surface area (Å²) in [6.07, 6.45) is 1.67. The molecule has 1 aromatic heterocycles. The number of nitrogens with one attached hydrogen (secondary N) is 1. The second-order valence-electron chi connectivity index (χ2n) is 3.68. The van der Waals surface area contributed by atoms with Crippen molar-refractivity contribution in [2.45, 2.75) is 13.5 Å². The number of rotatable bonds is 3. The monoisotopic (exact) mass is 290 g/mol. The van der Waals surface area contributed by atoms with E-state index in [-0.39, 0.29) is 0 Å². The topological polar surface area (TPSA) is 49.0 Å². The Hall–Kier alpha value is -1.73. The van der Waals surface area contributed by atoms with Crippen molar-refractivity contribution in [3.05, 3.63) is 51.9 Å². The Morgan fingerprint density at radius 2 is 2.24 bits per heavy atom. The summed E-state index contributed by atoms with van der Waals surface area (Å²) in [6, 6.07) is 9.64. The Morgan fingerprint density at radius 3 is 2.88 bits per heavy atom. The lowest BCUT2D eigenvalue weighted by Gasteiger charge is -2.07. The van der Waals surface area contributed by atoms with Gasteiger partial charge in [-0.15, -0.1) is 0 Å². The fraction of sp³-hybridized carbons (Fsp3) is 0.154. The van der Waals surface area contributed by atoms with Gasteiger partial charge in [-0.3, -0.25) is 0 Å². The molecule has 86 valence electrons. The van der Waals surface area contributed by atoms with E-state index in [1.165, 1.54) is 0 Å². The van der Waals surface area contributed by atoms with Gasteiger partial charge in [-0.25, -0.2) is 0 Å². The van der Waals surface area contributed by atoms with Gasteiger partial charge in [0.05, 0.1) is 24.1 Å². The van der Waals surface area contributed by atoms with Crippen LogP contribution in [-0.2, 0) is 6.54 Å². The average Bonchev–Trinajstić information content (AvgIpc) is 2.73. The van der Waals surface area contributed by atoms with Crippen LogP contribution in [0.2, 0.25) is 0 Å². The minimum absolute atomic E-state index is 0.579. The van der Waals surface area contributed by atoms with Gasteiger partial charge < -0.3 is 9.73 Å². The van der Waals surface area contributed by atoms with Gasteiger partial charge in [0.1, 0.15) is 11.8 Å². The summed E-state index contributed by atoms with van der Waals surface area (Å²) in [6.45, 7) is 2.57. The molecule has 0 aliphatic heterocycles. The van der Waals surface area contributed by atoms with Gasteiger partial charge >= 0.3 is 0 Å². The van der Waals surface area contributed by atoms with E-state index in [9.17, 15) is 0 Å². The van der Waals surface area contributed by atoms with Crippen LogP contribution in [0.25, 0.3) is 0 Å². The third kappa shape index (κ3) is 2.69. The molecule has 2 rings (SSSR count). The van der Waals surface area contributed by atoms with Gasteiger partial charge in [-0.1, -0.05) is 15.9 Å². The van der Waals surface area contributed by atoms with Crippen molar-refractivity contribution in [3.63, 3.8) is 0 Å². The van der Waals surface area contributed by atoms with Crippen molar-refractivity contribution in [1.82, 2.24) is 0 Å². The molecule has 2 aromatic rings. The first-order chi connectivity index (χ1) is 8.20. The minimum atomic E-state index is 0.579. The first-order valence-corrected chi connectivity index (χ1v) is 5.96. The molecule has 1 heterocycles. The predicted octanol–water partition coefficient (Wildman–Crippen LogP) is 3.83. The number of hydrogen-bond donors (Lipinski definition) is 1. The van der Waals surface area contributed by atoms with Gasteiger partial charge in [0.25, 0.3) is 0 Å². The number of benzene rings is 1. The van der Waals surface area contributed by atoms with E-state index in [0.717, 1.165) is 21.5 Å². The van der Waals surface area contributed by atoms with Crippen LogP contribution in [0.15, 0.2) is 39.4 Å². The highest BCUT2D eigenvalue weighted by atomic mass is 79.9. The van der Waals surface area contributed by atoms with Crippen molar-refractivity contribution < 1.29 is 4.42 Å². The number of anilines is 1. The molecule has 1 N–H and O–H groups in total. The SMILES string of the molecule is Cc1ccoc1CNc1ccc(Br)cc1C#N. The molecule has 0 unspecified atom stereocenters. The van der Waals surface area contributed by atoms with Gasteiger partial charge in [-0.05, 0) is 36.8 Å². The number of hydrogen-bond acceptors (Lipinski definition) is 3. The Labute approximate surface area is 108 Å². The largest absolute Gasteiger partial charge is 0.467 e. The van der Waals surface area contributed by atoms with E-state index in [2.05, 4.69) is 27.3 Å². The first-order valence-electron chi connectivity index (χ1n) is 5.17. The molecule has 0 aliphatic carbocycles. The fourth-order valence-electron chi connectivity index (χ4n) is 1.52. The second-order valence-corrected chi connectivity index (χ2v) is 4.60. The van der Waals surface area contributed by atoms with Crippen LogP contribution in [0, 0.1) is 18.3 Å². The number of halogens is 1. The lowest BCUT2D eigenvalue weighted by atomic mass is 10.2. The zero-order valence-corrected chi connectivity index (χ0v) is 10.9. The molecule has 0 spiro atoms. The van der Waals surface area contributed by atoms with Gasteiger partial charge in [-0.2, -0.15) is 5.26 Å². The highest BCUT2D eigenvalue weighted by Gasteiger charge is 2.05. The molecule has 0 aliphatic rings. The van der Waals surface area contributed by atoms with Gasteiger partial charge in [0, 0.05) is 4.47 Å². The van der Waals surface area contributed by atoms with E-state index in [4.69, 9.17) is 9.68 Å². The van der Waals surface area contributed by atoms with E-state index >= 15 is 0 Å². The molecule has 3 nitrogen and oxygen atoms in total. The maximum atomic E-state index is 9.02. The standard InChI is InChI=1S/C13H11BrN2O/c1-9-4-5-17-13(9)8-16-12-3-2-11(14)6-10(12)7-15/h2-6,16H,8H2,1H3. The normalized spacial score (nSPS) is 9.94. The molecular weight excluding hydrogens is 280 g/mol. The third-order valence-electron chi connectivity index (χ3n) is 2.51. The maximum Gasteiger partial charge on any atom is 0.125 e. The summed E-state index contributed by atoms with van der Waals surface area (Å²) in [5, 5.41) is 12.2. The minimum Gasteiger partial charge on any atom is -0.467 e. The van der Waals surface area contributed by atoms with Crippen molar-refractivity contribution in [2.24, 2.45) is 0 Å². The van der Waals surface area contributed by atoms with E-state index in [0.29, 0.717) is 12.1 Å². The lowest BCUT2D eigenvalue weighted by Crippen LogP contribution is -2.01. The molecule has 0 fully saturated rings. The van der Waals surface area contributed by atoms with Crippen LogP contribution >= 0.6 is 15.9 Å². The Morgan fingerprint density at radius 1 is 1.41 bits per heavy atom. The molecule has 1 aromatic carbocycles. The molecule has 0 bridgehead atoms.